The number of hydrogen-bond acceptors (Lipinski definition) is 3. The van der Waals surface area contributed by atoms with Gasteiger partial charge >= 0.3 is 0 Å². The molecule has 0 radical (unpaired) electrons. The van der Waals surface area contributed by atoms with Crippen molar-refractivity contribution in [3.05, 3.63) is 53.6 Å². The highest BCUT2D eigenvalue weighted by molar-refractivity contribution is 5.93. The van der Waals surface area contributed by atoms with E-state index in [2.05, 4.69) is 5.32 Å². The minimum absolute atomic E-state index is 0.112. The lowest BCUT2D eigenvalue weighted by Crippen LogP contribution is -2.15. The number of aromatic hydroxyl groups is 1. The van der Waals surface area contributed by atoms with Gasteiger partial charge in [-0.15, -0.1) is 0 Å². The van der Waals surface area contributed by atoms with Gasteiger partial charge in [-0.05, 0) is 48.4 Å². The number of phenolic OH excluding ortho intramolecular Hbond substituents is 1. The van der Waals surface area contributed by atoms with Crippen LogP contribution in [0, 0.1) is 6.92 Å². The van der Waals surface area contributed by atoms with Crippen LogP contribution >= 0.6 is 0 Å². The highest BCUT2D eigenvalue weighted by Crippen LogP contribution is 2.20. The van der Waals surface area contributed by atoms with Crippen LogP contribution in [0.3, 0.4) is 0 Å². The second kappa shape index (κ2) is 5.44. The summed E-state index contributed by atoms with van der Waals surface area (Å²) in [5.74, 6) is 0.0747. The van der Waals surface area contributed by atoms with E-state index in [1.165, 1.54) is 0 Å². The van der Waals surface area contributed by atoms with Gasteiger partial charge < -0.3 is 16.2 Å². The summed E-state index contributed by atoms with van der Waals surface area (Å²) in [6, 6.07) is 12.1. The van der Waals surface area contributed by atoms with E-state index in [0.717, 1.165) is 11.1 Å². The third-order valence-electron chi connectivity index (χ3n) is 2.80. The van der Waals surface area contributed by atoms with Crippen molar-refractivity contribution in [3.8, 4) is 5.75 Å². The molecule has 0 spiro atoms. The molecule has 1 amide bonds. The highest BCUT2D eigenvalue weighted by atomic mass is 16.3. The summed E-state index contributed by atoms with van der Waals surface area (Å²) in [6.07, 6.45) is 0.269. The molecule has 0 bridgehead atoms. The number of carbonyl (C=O) groups excluding carboxylic acids is 1. The predicted octanol–water partition coefficient (Wildman–Crippen LogP) is 2.46. The predicted molar refractivity (Wildman–Crippen MR) is 76.0 cm³/mol. The molecule has 98 valence electrons. The molecule has 19 heavy (non-hydrogen) atoms. The Balaban J connectivity index is 2.05. The van der Waals surface area contributed by atoms with Crippen molar-refractivity contribution >= 4 is 17.3 Å². The Kier molecular flexibility index (Phi) is 3.71. The first-order chi connectivity index (χ1) is 9.04. The Morgan fingerprint density at radius 1 is 1.26 bits per heavy atom. The molecule has 0 aliphatic heterocycles. The van der Waals surface area contributed by atoms with Crippen molar-refractivity contribution < 1.29 is 9.90 Å². The second-order valence-corrected chi connectivity index (χ2v) is 4.47. The molecule has 2 aromatic rings. The second-order valence-electron chi connectivity index (χ2n) is 4.47. The van der Waals surface area contributed by atoms with Crippen LogP contribution in [0.2, 0.25) is 0 Å². The van der Waals surface area contributed by atoms with E-state index in [1.807, 2.05) is 19.1 Å². The third-order valence-corrected chi connectivity index (χ3v) is 2.80. The zero-order chi connectivity index (χ0) is 13.8. The van der Waals surface area contributed by atoms with E-state index in [9.17, 15) is 9.90 Å². The van der Waals surface area contributed by atoms with Gasteiger partial charge in [-0.2, -0.15) is 0 Å². The molecule has 4 heteroatoms. The standard InChI is InChI=1S/C15H16N2O2/c1-10-7-13(18)5-6-14(10)17-15(19)9-11-3-2-4-12(16)8-11/h2-8,18H,9,16H2,1H3,(H,17,19). The van der Waals surface area contributed by atoms with E-state index in [1.54, 1.807) is 30.3 Å². The van der Waals surface area contributed by atoms with Gasteiger partial charge in [-0.3, -0.25) is 4.79 Å². The van der Waals surface area contributed by atoms with Crippen LogP contribution in [0.1, 0.15) is 11.1 Å². The lowest BCUT2D eigenvalue weighted by atomic mass is 10.1. The molecule has 2 rings (SSSR count). The van der Waals surface area contributed by atoms with E-state index < -0.39 is 0 Å². The molecule has 0 unspecified atom stereocenters. The fraction of sp³-hybridized carbons (Fsp3) is 0.133. The first-order valence-corrected chi connectivity index (χ1v) is 5.98. The van der Waals surface area contributed by atoms with Gasteiger partial charge in [0.15, 0.2) is 0 Å². The summed E-state index contributed by atoms with van der Waals surface area (Å²) in [6.45, 7) is 1.83. The maximum atomic E-state index is 11.9. The summed E-state index contributed by atoms with van der Waals surface area (Å²) >= 11 is 0. The van der Waals surface area contributed by atoms with Gasteiger partial charge in [-0.25, -0.2) is 0 Å². The van der Waals surface area contributed by atoms with Crippen molar-refractivity contribution in [2.24, 2.45) is 0 Å². The topological polar surface area (TPSA) is 75.3 Å². The van der Waals surface area contributed by atoms with E-state index in [4.69, 9.17) is 5.73 Å². The first kappa shape index (κ1) is 13.0. The zero-order valence-corrected chi connectivity index (χ0v) is 10.7. The summed E-state index contributed by atoms with van der Waals surface area (Å²) < 4.78 is 0. The quantitative estimate of drug-likeness (QED) is 0.583. The Labute approximate surface area is 111 Å². The van der Waals surface area contributed by atoms with Crippen LogP contribution in [0.25, 0.3) is 0 Å². The van der Waals surface area contributed by atoms with Crippen LogP contribution in [-0.2, 0) is 11.2 Å². The van der Waals surface area contributed by atoms with Crippen molar-refractivity contribution in [2.75, 3.05) is 11.1 Å². The molecule has 0 heterocycles. The summed E-state index contributed by atoms with van der Waals surface area (Å²) in [7, 11) is 0. The molecule has 0 atom stereocenters. The van der Waals surface area contributed by atoms with Gasteiger partial charge in [0.25, 0.3) is 0 Å². The molecule has 4 nitrogen and oxygen atoms in total. The third kappa shape index (κ3) is 3.48. The number of nitrogens with one attached hydrogen (secondary N) is 1. The van der Waals surface area contributed by atoms with E-state index >= 15 is 0 Å². The van der Waals surface area contributed by atoms with Gasteiger partial charge in [0, 0.05) is 11.4 Å². The number of rotatable bonds is 3. The normalized spacial score (nSPS) is 10.2. The number of aryl methyl sites for hydroxylation is 1. The number of phenols is 1. The molecule has 0 aliphatic carbocycles. The highest BCUT2D eigenvalue weighted by Gasteiger charge is 2.06. The number of amides is 1. The van der Waals surface area contributed by atoms with E-state index in [-0.39, 0.29) is 18.1 Å². The monoisotopic (exact) mass is 256 g/mol. The van der Waals surface area contributed by atoms with Crippen molar-refractivity contribution in [3.63, 3.8) is 0 Å². The molecule has 0 fully saturated rings. The fourth-order valence-corrected chi connectivity index (χ4v) is 1.87. The number of anilines is 2. The van der Waals surface area contributed by atoms with Crippen LogP contribution in [-0.4, -0.2) is 11.0 Å². The molecule has 4 N–H and O–H groups in total. The smallest absolute Gasteiger partial charge is 0.228 e. The first-order valence-electron chi connectivity index (χ1n) is 5.98. The van der Waals surface area contributed by atoms with Crippen molar-refractivity contribution in [2.45, 2.75) is 13.3 Å². The van der Waals surface area contributed by atoms with E-state index in [0.29, 0.717) is 11.4 Å². The molecule has 0 aromatic heterocycles. The maximum absolute atomic E-state index is 11.9. The lowest BCUT2D eigenvalue weighted by molar-refractivity contribution is -0.115. The van der Waals surface area contributed by atoms with Crippen LogP contribution < -0.4 is 11.1 Å². The summed E-state index contributed by atoms with van der Waals surface area (Å²) in [5.41, 5.74) is 8.70. The van der Waals surface area contributed by atoms with Crippen molar-refractivity contribution in [1.82, 2.24) is 0 Å². The number of benzene rings is 2. The van der Waals surface area contributed by atoms with Crippen LogP contribution in [0.5, 0.6) is 5.75 Å². The van der Waals surface area contributed by atoms with Gasteiger partial charge in [0.1, 0.15) is 5.75 Å². The van der Waals surface area contributed by atoms with Crippen LogP contribution in [0.15, 0.2) is 42.5 Å². The van der Waals surface area contributed by atoms with Gasteiger partial charge in [0.05, 0.1) is 6.42 Å². The summed E-state index contributed by atoms with van der Waals surface area (Å²) in [5, 5.41) is 12.1. The van der Waals surface area contributed by atoms with Crippen LogP contribution in [0.4, 0.5) is 11.4 Å². The largest absolute Gasteiger partial charge is 0.508 e. The number of nitrogens with two attached hydrogens (primary N) is 1. The maximum Gasteiger partial charge on any atom is 0.228 e. The molecule has 0 saturated carbocycles. The number of nitrogen functional groups attached to an aromatic ring is 1. The minimum Gasteiger partial charge on any atom is -0.508 e. The summed E-state index contributed by atoms with van der Waals surface area (Å²) in [4.78, 5) is 11.9. The Bertz CT molecular complexity index is 609. The van der Waals surface area contributed by atoms with Crippen molar-refractivity contribution in [1.29, 1.82) is 0 Å². The lowest BCUT2D eigenvalue weighted by Gasteiger charge is -2.09. The van der Waals surface area contributed by atoms with Gasteiger partial charge in [0.2, 0.25) is 5.91 Å². The molecule has 0 aliphatic rings. The number of carbonyl (C=O) groups is 1. The molecular formula is C15H16N2O2. The Hall–Kier alpha value is -2.49. The SMILES string of the molecule is Cc1cc(O)ccc1NC(=O)Cc1cccc(N)c1. The minimum atomic E-state index is -0.112. The fourth-order valence-electron chi connectivity index (χ4n) is 1.87. The Morgan fingerprint density at radius 2 is 2.05 bits per heavy atom. The van der Waals surface area contributed by atoms with Gasteiger partial charge in [-0.1, -0.05) is 12.1 Å². The molecular weight excluding hydrogens is 240 g/mol. The number of hydrogen-bond donors (Lipinski definition) is 3. The Morgan fingerprint density at radius 3 is 2.74 bits per heavy atom. The molecule has 2 aromatic carbocycles. The average molecular weight is 256 g/mol. The average Bonchev–Trinajstić information content (AvgIpc) is 2.33. The molecule has 0 saturated heterocycles. The zero-order valence-electron chi connectivity index (χ0n) is 10.7.